The lowest BCUT2D eigenvalue weighted by molar-refractivity contribution is -0.137. The molecule has 0 bridgehead atoms. The summed E-state index contributed by atoms with van der Waals surface area (Å²) in [6.07, 6.45) is -1.87. The fourth-order valence-corrected chi connectivity index (χ4v) is 4.21. The van der Waals surface area contributed by atoms with Gasteiger partial charge >= 0.3 is 14.0 Å². The second-order valence-electron chi connectivity index (χ2n) is 8.73. The van der Waals surface area contributed by atoms with Crippen LogP contribution in [0, 0.1) is 5.82 Å². The van der Waals surface area contributed by atoms with Crippen molar-refractivity contribution in [1.29, 1.82) is 0 Å². The van der Waals surface area contributed by atoms with E-state index in [9.17, 15) is 26.9 Å². The molecule has 1 heterocycles. The van der Waals surface area contributed by atoms with Crippen LogP contribution < -0.4 is 14.7 Å². The minimum Gasteiger partial charge on any atom is -0.487 e. The molecule has 0 spiro atoms. The number of hydrogen-bond donors (Lipinski definition) is 2. The summed E-state index contributed by atoms with van der Waals surface area (Å²) in [5, 5.41) is 0.247. The summed E-state index contributed by atoms with van der Waals surface area (Å²) in [7, 11) is -4.72. The monoisotopic (exact) mass is 591 g/mol. The zero-order chi connectivity index (χ0) is 29.9. The van der Waals surface area contributed by atoms with Gasteiger partial charge in [0.1, 0.15) is 35.8 Å². The summed E-state index contributed by atoms with van der Waals surface area (Å²) < 4.78 is 79.8. The highest BCUT2D eigenvalue weighted by Gasteiger charge is 2.31. The average Bonchev–Trinajstić information content (AvgIpc) is 2.90. The molecular weight excluding hydrogens is 569 g/mol. The van der Waals surface area contributed by atoms with Gasteiger partial charge in [-0.2, -0.15) is 13.2 Å². The van der Waals surface area contributed by atoms with Crippen molar-refractivity contribution in [2.24, 2.45) is 4.99 Å². The van der Waals surface area contributed by atoms with E-state index in [1.165, 1.54) is 55.7 Å². The van der Waals surface area contributed by atoms with Crippen LogP contribution in [0.25, 0.3) is 22.1 Å². The number of allylic oxidation sites excluding steroid dienone is 1. The molecule has 4 rings (SSSR count). The van der Waals surface area contributed by atoms with Crippen molar-refractivity contribution < 1.29 is 45.6 Å². The van der Waals surface area contributed by atoms with E-state index < -0.39 is 25.4 Å². The molecule has 0 saturated heterocycles. The van der Waals surface area contributed by atoms with E-state index in [4.69, 9.17) is 18.9 Å². The average molecular weight is 591 g/mol. The number of alkyl halides is 3. The van der Waals surface area contributed by atoms with E-state index in [0.29, 0.717) is 23.1 Å². The van der Waals surface area contributed by atoms with Crippen LogP contribution in [0.3, 0.4) is 0 Å². The summed E-state index contributed by atoms with van der Waals surface area (Å²) in [6.45, 7) is 3.04. The highest BCUT2D eigenvalue weighted by molar-refractivity contribution is 7.46. The lowest BCUT2D eigenvalue weighted by Gasteiger charge is -2.11. The smallest absolute Gasteiger partial charge is 0.487 e. The molecule has 214 valence electrons. The number of halogens is 4. The number of rotatable bonds is 8. The maximum absolute atomic E-state index is 13.8. The second kappa shape index (κ2) is 11.7. The molecule has 13 heteroatoms. The number of phosphoric acid groups is 1. The van der Waals surface area contributed by atoms with Crippen molar-refractivity contribution >= 4 is 24.5 Å². The number of fused-ring (bicyclic) bond motifs is 1. The predicted molar refractivity (Wildman–Crippen MR) is 143 cm³/mol. The molecule has 1 aromatic heterocycles. The van der Waals surface area contributed by atoms with Crippen molar-refractivity contribution in [1.82, 2.24) is 0 Å². The first kappa shape index (κ1) is 29.7. The molecule has 0 atom stereocenters. The van der Waals surface area contributed by atoms with Gasteiger partial charge < -0.3 is 13.7 Å². The first-order chi connectivity index (χ1) is 19.2. The lowest BCUT2D eigenvalue weighted by atomic mass is 10.1. The molecule has 4 aromatic rings. The summed E-state index contributed by atoms with van der Waals surface area (Å²) in [6, 6.07) is 12.2. The molecule has 0 saturated carbocycles. The van der Waals surface area contributed by atoms with Gasteiger partial charge in [0.2, 0.25) is 0 Å². The Kier molecular flexibility index (Phi) is 8.48. The maximum atomic E-state index is 13.8. The van der Waals surface area contributed by atoms with Gasteiger partial charge in [-0.15, -0.1) is 0 Å². The summed E-state index contributed by atoms with van der Waals surface area (Å²) >= 11 is 0. The van der Waals surface area contributed by atoms with Crippen LogP contribution in [0.1, 0.15) is 25.0 Å². The number of aliphatic imine (C=N–C) groups is 1. The highest BCUT2D eigenvalue weighted by atomic mass is 31.2. The van der Waals surface area contributed by atoms with E-state index in [2.05, 4.69) is 9.52 Å². The minimum atomic E-state index is -4.72. The summed E-state index contributed by atoms with van der Waals surface area (Å²) in [5.74, 6) is -0.782. The Balaban J connectivity index is 1.51. The predicted octanol–water partition coefficient (Wildman–Crippen LogP) is 6.88. The van der Waals surface area contributed by atoms with E-state index in [0.717, 1.165) is 12.1 Å². The van der Waals surface area contributed by atoms with E-state index in [-0.39, 0.29) is 45.6 Å². The van der Waals surface area contributed by atoms with Crippen molar-refractivity contribution in [3.63, 3.8) is 0 Å². The minimum absolute atomic E-state index is 0.0242. The van der Waals surface area contributed by atoms with Crippen LogP contribution in [0.4, 0.5) is 17.6 Å². The Hall–Kier alpha value is -4.25. The quantitative estimate of drug-likeness (QED) is 0.130. The fraction of sp³-hybridized carbons (Fsp3) is 0.143. The molecule has 8 nitrogen and oxygen atoms in total. The lowest BCUT2D eigenvalue weighted by Crippen LogP contribution is -2.09. The molecule has 0 radical (unpaired) electrons. The van der Waals surface area contributed by atoms with E-state index >= 15 is 0 Å². The van der Waals surface area contributed by atoms with E-state index in [1.807, 2.05) is 0 Å². The molecule has 41 heavy (non-hydrogen) atoms. The Labute approximate surface area is 230 Å². The maximum Gasteiger partial charge on any atom is 0.524 e. The van der Waals surface area contributed by atoms with Crippen LogP contribution >= 0.6 is 7.82 Å². The van der Waals surface area contributed by atoms with Crippen LogP contribution in [-0.2, 0) is 10.7 Å². The first-order valence-corrected chi connectivity index (χ1v) is 13.4. The van der Waals surface area contributed by atoms with Crippen LogP contribution in [0.15, 0.2) is 92.9 Å². The van der Waals surface area contributed by atoms with Crippen molar-refractivity contribution in [3.8, 4) is 22.6 Å². The Bertz CT molecular complexity index is 1760. The van der Waals surface area contributed by atoms with E-state index in [1.54, 1.807) is 13.0 Å². The fourth-order valence-electron chi connectivity index (χ4n) is 3.81. The SMILES string of the molecule is C/C=C(/COc1ccc2c(=O)c(-c3ccc(OP(=O)(O)O)cc3)coc2c1)N=C(C)c1cc(F)cc(C(F)(F)F)c1. The van der Waals surface area contributed by atoms with Crippen molar-refractivity contribution in [2.45, 2.75) is 20.0 Å². The Morgan fingerprint density at radius 2 is 1.73 bits per heavy atom. The van der Waals surface area contributed by atoms with Crippen LogP contribution in [0.2, 0.25) is 0 Å². The molecule has 0 fully saturated rings. The molecule has 2 N–H and O–H groups in total. The van der Waals surface area contributed by atoms with Crippen molar-refractivity contribution in [3.05, 3.63) is 106 Å². The van der Waals surface area contributed by atoms with Gasteiger partial charge in [-0.1, -0.05) is 18.2 Å². The summed E-state index contributed by atoms with van der Waals surface area (Å²) in [4.78, 5) is 35.2. The second-order valence-corrected chi connectivity index (χ2v) is 9.90. The van der Waals surface area contributed by atoms with Gasteiger partial charge in [-0.25, -0.2) is 8.96 Å². The van der Waals surface area contributed by atoms with Gasteiger partial charge in [0.05, 0.1) is 22.2 Å². The number of hydrogen-bond acceptors (Lipinski definition) is 6. The number of phosphoric ester groups is 1. The zero-order valence-corrected chi connectivity index (χ0v) is 22.4. The zero-order valence-electron chi connectivity index (χ0n) is 21.5. The van der Waals surface area contributed by atoms with Gasteiger partial charge in [0.15, 0.2) is 5.43 Å². The van der Waals surface area contributed by atoms with Gasteiger partial charge in [-0.05, 0) is 67.4 Å². The standard InChI is InChI=1S/C28H22F4NO7P/c1-3-21(33-16(2)18-10-19(28(30,31)32)12-20(29)11-18)14-38-23-8-9-24-26(13-23)39-15-25(27(24)34)17-4-6-22(7-5-17)40-41(35,36)37/h3-13,15H,14H2,1-2H3,(H2,35,36,37)/b21-3-,33-16?. The van der Waals surface area contributed by atoms with Gasteiger partial charge in [-0.3, -0.25) is 19.6 Å². The topological polar surface area (TPSA) is 119 Å². The number of nitrogens with zero attached hydrogens (tertiary/aromatic N) is 1. The molecule has 0 aliphatic rings. The third kappa shape index (κ3) is 7.49. The molecule has 0 aliphatic heterocycles. The molecule has 0 unspecified atom stereocenters. The molecule has 0 amide bonds. The molecule has 0 aliphatic carbocycles. The third-order valence-electron chi connectivity index (χ3n) is 5.81. The number of benzene rings is 3. The molecular formula is C28H22F4NO7P. The first-order valence-electron chi connectivity index (χ1n) is 11.9. The Morgan fingerprint density at radius 1 is 1.05 bits per heavy atom. The highest BCUT2D eigenvalue weighted by Crippen LogP contribution is 2.38. The van der Waals surface area contributed by atoms with Crippen LogP contribution in [-0.4, -0.2) is 22.1 Å². The Morgan fingerprint density at radius 3 is 2.37 bits per heavy atom. The van der Waals surface area contributed by atoms with Gasteiger partial charge in [0.25, 0.3) is 0 Å². The van der Waals surface area contributed by atoms with Crippen molar-refractivity contribution in [2.75, 3.05) is 6.61 Å². The van der Waals surface area contributed by atoms with Gasteiger partial charge in [0, 0.05) is 11.8 Å². The number of ether oxygens (including phenoxy) is 1. The largest absolute Gasteiger partial charge is 0.524 e. The third-order valence-corrected chi connectivity index (χ3v) is 6.26. The summed E-state index contributed by atoms with van der Waals surface area (Å²) in [5.41, 5.74) is -0.112. The normalized spacial score (nSPS) is 13.0. The molecule has 3 aromatic carbocycles. The van der Waals surface area contributed by atoms with Crippen LogP contribution in [0.5, 0.6) is 11.5 Å².